The first-order valence-electron chi connectivity index (χ1n) is 11.2. The molecule has 7 nitrogen and oxygen atoms in total. The van der Waals surface area contributed by atoms with E-state index in [0.29, 0.717) is 23.7 Å². The predicted molar refractivity (Wildman–Crippen MR) is 145 cm³/mol. The first kappa shape index (κ1) is 36.1. The second kappa shape index (κ2) is 25.2. The monoisotopic (exact) mass is 497 g/mol. The summed E-state index contributed by atoms with van der Waals surface area (Å²) in [5, 5.41) is 22.3. The van der Waals surface area contributed by atoms with Crippen LogP contribution in [-0.4, -0.2) is 67.3 Å². The Morgan fingerprint density at radius 2 is 1.71 bits per heavy atom. The minimum absolute atomic E-state index is 0.167. The van der Waals surface area contributed by atoms with E-state index in [1.807, 2.05) is 45.8 Å². The van der Waals surface area contributed by atoms with Gasteiger partial charge in [-0.15, -0.1) is 0 Å². The van der Waals surface area contributed by atoms with E-state index in [0.717, 1.165) is 24.0 Å². The van der Waals surface area contributed by atoms with E-state index < -0.39 is 0 Å². The van der Waals surface area contributed by atoms with E-state index in [1.165, 1.54) is 0 Å². The molecule has 0 heterocycles. The number of hydrogen-bond donors (Lipinski definition) is 4. The first-order valence-corrected chi connectivity index (χ1v) is 11.6. The number of nitrogens with one attached hydrogen (secondary N) is 2. The molecule has 34 heavy (non-hydrogen) atoms. The van der Waals surface area contributed by atoms with Crippen LogP contribution in [0.1, 0.15) is 40.2 Å². The first-order chi connectivity index (χ1) is 16.0. The predicted octanol–water partition coefficient (Wildman–Crippen LogP) is 4.76. The van der Waals surface area contributed by atoms with Crippen molar-refractivity contribution in [3.8, 4) is 0 Å². The van der Waals surface area contributed by atoms with Gasteiger partial charge in [-0.1, -0.05) is 61.9 Å². The van der Waals surface area contributed by atoms with Crippen LogP contribution in [0.3, 0.4) is 0 Å². The Balaban J connectivity index is -0.000000664. The van der Waals surface area contributed by atoms with Crippen LogP contribution in [0.15, 0.2) is 59.7 Å². The third-order valence-electron chi connectivity index (χ3n) is 3.33. The summed E-state index contributed by atoms with van der Waals surface area (Å²) in [6.07, 6.45) is 6.13. The Kier molecular flexibility index (Phi) is 26.8. The highest BCUT2D eigenvalue weighted by molar-refractivity contribution is 6.31. The number of nitrogens with zero attached hydrogens (tertiary/aromatic N) is 1. The van der Waals surface area contributed by atoms with Crippen LogP contribution in [0.4, 0.5) is 10.5 Å². The minimum atomic E-state index is -0.297. The van der Waals surface area contributed by atoms with Gasteiger partial charge in [0.1, 0.15) is 6.29 Å². The lowest BCUT2D eigenvalue weighted by Gasteiger charge is -2.08. The van der Waals surface area contributed by atoms with Gasteiger partial charge in [0.2, 0.25) is 0 Å². The topological polar surface area (TPSA) is 102 Å². The van der Waals surface area contributed by atoms with Crippen molar-refractivity contribution in [2.24, 2.45) is 0 Å². The highest BCUT2D eigenvalue weighted by atomic mass is 35.5. The van der Waals surface area contributed by atoms with Crippen LogP contribution in [-0.2, 0) is 11.2 Å². The second-order valence-electron chi connectivity index (χ2n) is 7.26. The van der Waals surface area contributed by atoms with E-state index in [-0.39, 0.29) is 18.7 Å². The van der Waals surface area contributed by atoms with Gasteiger partial charge in [-0.25, -0.2) is 4.79 Å². The lowest BCUT2D eigenvalue weighted by atomic mass is 10.1. The summed E-state index contributed by atoms with van der Waals surface area (Å²) in [7, 11) is 3.85. The van der Waals surface area contributed by atoms with Crippen molar-refractivity contribution < 1.29 is 19.8 Å². The number of anilines is 1. The van der Waals surface area contributed by atoms with Gasteiger partial charge in [0, 0.05) is 36.3 Å². The molecule has 8 heteroatoms. The lowest BCUT2D eigenvalue weighted by molar-refractivity contribution is -0.107. The summed E-state index contributed by atoms with van der Waals surface area (Å²) in [6.45, 7) is 14.3. The van der Waals surface area contributed by atoms with Gasteiger partial charge in [0.15, 0.2) is 0 Å². The van der Waals surface area contributed by atoms with E-state index >= 15 is 0 Å². The summed E-state index contributed by atoms with van der Waals surface area (Å²) >= 11 is 5.79. The average molecular weight is 498 g/mol. The Hall–Kier alpha value is -2.45. The van der Waals surface area contributed by atoms with Crippen LogP contribution in [0, 0.1) is 0 Å². The zero-order valence-corrected chi connectivity index (χ0v) is 22.5. The molecule has 4 N–H and O–H groups in total. The van der Waals surface area contributed by atoms with Crippen molar-refractivity contribution in [1.82, 2.24) is 10.2 Å². The zero-order valence-electron chi connectivity index (χ0n) is 21.8. The van der Waals surface area contributed by atoms with Gasteiger partial charge >= 0.3 is 6.03 Å². The molecular weight excluding hydrogens is 454 g/mol. The Labute approximate surface area is 211 Å². The van der Waals surface area contributed by atoms with Gasteiger partial charge in [-0.05, 0) is 58.6 Å². The molecule has 1 rings (SSSR count). The molecule has 0 saturated heterocycles. The van der Waals surface area contributed by atoms with Crippen LogP contribution in [0.2, 0.25) is 0 Å². The normalized spacial score (nSPS) is 10.6. The average Bonchev–Trinajstić information content (AvgIpc) is 2.79. The van der Waals surface area contributed by atoms with E-state index in [9.17, 15) is 9.59 Å². The van der Waals surface area contributed by atoms with Crippen molar-refractivity contribution >= 4 is 29.6 Å². The van der Waals surface area contributed by atoms with E-state index in [2.05, 4.69) is 17.2 Å². The molecule has 0 radical (unpaired) electrons. The molecule has 0 unspecified atom stereocenters. The molecule has 0 aliphatic carbocycles. The minimum Gasteiger partial charge on any atom is -0.395 e. The van der Waals surface area contributed by atoms with Crippen molar-refractivity contribution in [1.29, 1.82) is 0 Å². The summed E-state index contributed by atoms with van der Waals surface area (Å²) < 4.78 is 0. The quantitative estimate of drug-likeness (QED) is 0.291. The van der Waals surface area contributed by atoms with Gasteiger partial charge < -0.3 is 30.5 Å². The van der Waals surface area contributed by atoms with Crippen LogP contribution < -0.4 is 10.6 Å². The number of aliphatic hydroxyl groups is 2. The number of amides is 2. The van der Waals surface area contributed by atoms with Crippen molar-refractivity contribution in [3.05, 3.63) is 65.2 Å². The molecule has 1 aromatic carbocycles. The number of allylic oxidation sites excluding steroid dienone is 4. The van der Waals surface area contributed by atoms with Crippen molar-refractivity contribution in [2.75, 3.05) is 39.1 Å². The smallest absolute Gasteiger partial charge is 0.319 e. The molecule has 194 valence electrons. The lowest BCUT2D eigenvalue weighted by Crippen LogP contribution is -2.29. The van der Waals surface area contributed by atoms with Gasteiger partial charge in [0.05, 0.1) is 6.61 Å². The molecule has 0 saturated carbocycles. The summed E-state index contributed by atoms with van der Waals surface area (Å²) in [5.74, 6) is 0. The molecular formula is C26H44ClN3O4. The van der Waals surface area contributed by atoms with Crippen LogP contribution >= 0.6 is 11.6 Å². The van der Waals surface area contributed by atoms with E-state index in [4.69, 9.17) is 21.8 Å². The maximum Gasteiger partial charge on any atom is 0.319 e. The van der Waals surface area contributed by atoms with Crippen molar-refractivity contribution in [3.63, 3.8) is 0 Å². The number of hydrogen-bond acceptors (Lipinski definition) is 5. The molecule has 0 aliphatic heterocycles. The summed E-state index contributed by atoms with van der Waals surface area (Å²) in [4.78, 5) is 24.1. The number of carbonyl (C=O) groups is 2. The number of benzene rings is 1. The zero-order chi connectivity index (χ0) is 26.9. The fourth-order valence-electron chi connectivity index (χ4n) is 1.76. The SMILES string of the molecule is C=C/C(Cl)=C\C=C(/C)CNC(=O)Nc1ccc(CC=O)cc1.CC.CC(C)O.CN(C)CCO. The number of aldehydes is 1. The maximum absolute atomic E-state index is 11.8. The Bertz CT molecular complexity index is 713. The molecule has 0 spiro atoms. The Morgan fingerprint density at radius 1 is 1.18 bits per heavy atom. The number of urea groups is 1. The standard InChI is InChI=1S/C17H19ClN2O2.C4H11NO.C3H8O.C2H6/c1-3-15(18)7-4-13(2)12-19-17(22)20-16-8-5-14(6-9-16)10-11-21;1-5(2)3-4-6;1-3(2)4;1-2/h3-9,11H,1,10,12H2,2H3,(H2,19,20,22);6H,3-4H2,1-2H3;3-4H,1-2H3;1-2H3/b13-4+,15-7+;;;. The fourth-order valence-corrected chi connectivity index (χ4v) is 1.83. The molecule has 0 aromatic heterocycles. The summed E-state index contributed by atoms with van der Waals surface area (Å²) in [5.41, 5.74) is 2.53. The molecule has 0 aliphatic rings. The van der Waals surface area contributed by atoms with Gasteiger partial charge in [0.25, 0.3) is 0 Å². The molecule has 1 aromatic rings. The van der Waals surface area contributed by atoms with Gasteiger partial charge in [-0.3, -0.25) is 0 Å². The number of aliphatic hydroxyl groups excluding tert-OH is 2. The number of halogens is 1. The highest BCUT2D eigenvalue weighted by Crippen LogP contribution is 2.09. The van der Waals surface area contributed by atoms with Crippen molar-refractivity contribution in [2.45, 2.75) is 47.1 Å². The molecule has 0 atom stereocenters. The molecule has 0 bridgehead atoms. The maximum atomic E-state index is 11.8. The third kappa shape index (κ3) is 27.6. The fraction of sp³-hybridized carbons (Fsp3) is 0.462. The van der Waals surface area contributed by atoms with E-state index in [1.54, 1.807) is 50.3 Å². The van der Waals surface area contributed by atoms with Crippen LogP contribution in [0.5, 0.6) is 0 Å². The van der Waals surface area contributed by atoms with Crippen LogP contribution in [0.25, 0.3) is 0 Å². The number of likely N-dealkylation sites (N-methyl/N-ethyl adjacent to an activating group) is 1. The third-order valence-corrected chi connectivity index (χ3v) is 3.61. The molecule has 2 amide bonds. The Morgan fingerprint density at radius 3 is 2.09 bits per heavy atom. The number of rotatable bonds is 9. The second-order valence-corrected chi connectivity index (χ2v) is 7.70. The molecule has 0 fully saturated rings. The highest BCUT2D eigenvalue weighted by Gasteiger charge is 2.01. The summed E-state index contributed by atoms with van der Waals surface area (Å²) in [6, 6.07) is 6.82. The largest absolute Gasteiger partial charge is 0.395 e. The number of carbonyl (C=O) groups excluding carboxylic acids is 2. The van der Waals surface area contributed by atoms with Gasteiger partial charge in [-0.2, -0.15) is 0 Å².